The van der Waals surface area contributed by atoms with Crippen molar-refractivity contribution in [3.05, 3.63) is 90.2 Å². The van der Waals surface area contributed by atoms with E-state index in [-0.39, 0.29) is 42.8 Å². The van der Waals surface area contributed by atoms with Gasteiger partial charge < -0.3 is 15.8 Å². The summed E-state index contributed by atoms with van der Waals surface area (Å²) < 4.78 is 47.3. The zero-order valence-corrected chi connectivity index (χ0v) is 25.8. The molecule has 12 heteroatoms. The SMILES string of the molecule is CC(C)[C@H](N)C(=O)OCC[C@H](NC(=O)C1SCCN1S(=O)(=O)c1ccc(-c2ccccc2)cc1)c1ccc(F)cc1.Cl. The Labute approximate surface area is 256 Å². The molecule has 1 aliphatic rings. The number of nitrogens with two attached hydrogens (primary N) is 1. The van der Waals surface area contributed by atoms with E-state index < -0.39 is 45.2 Å². The van der Waals surface area contributed by atoms with Crippen LogP contribution in [0.5, 0.6) is 0 Å². The van der Waals surface area contributed by atoms with Crippen LogP contribution in [0.4, 0.5) is 4.39 Å². The minimum Gasteiger partial charge on any atom is -0.464 e. The fourth-order valence-electron chi connectivity index (χ4n) is 4.40. The molecule has 0 spiro atoms. The van der Waals surface area contributed by atoms with Gasteiger partial charge in [-0.25, -0.2) is 12.8 Å². The van der Waals surface area contributed by atoms with Gasteiger partial charge in [-0.05, 0) is 46.9 Å². The molecular weight excluding hydrogens is 601 g/mol. The number of hydrogen-bond acceptors (Lipinski definition) is 7. The van der Waals surface area contributed by atoms with Gasteiger partial charge in [0.25, 0.3) is 0 Å². The molecule has 0 bridgehead atoms. The molecule has 0 radical (unpaired) electrons. The third kappa shape index (κ3) is 8.11. The molecule has 0 aliphatic carbocycles. The number of carbonyl (C=O) groups excluding carboxylic acids is 2. The number of amides is 1. The summed E-state index contributed by atoms with van der Waals surface area (Å²) in [4.78, 5) is 25.8. The Morgan fingerprint density at radius 3 is 2.26 bits per heavy atom. The number of benzene rings is 3. The van der Waals surface area contributed by atoms with Crippen LogP contribution in [0.2, 0.25) is 0 Å². The van der Waals surface area contributed by atoms with Crippen LogP contribution in [0, 0.1) is 11.7 Å². The molecule has 1 fully saturated rings. The Kier molecular flexibility index (Phi) is 12.0. The highest BCUT2D eigenvalue weighted by atomic mass is 35.5. The number of nitrogens with one attached hydrogen (secondary N) is 1. The maximum Gasteiger partial charge on any atom is 0.323 e. The van der Waals surface area contributed by atoms with Crippen molar-refractivity contribution in [2.45, 2.75) is 42.6 Å². The number of thioether (sulfide) groups is 1. The topological polar surface area (TPSA) is 119 Å². The Hall–Kier alpha value is -2.96. The average molecular weight is 636 g/mol. The molecule has 42 heavy (non-hydrogen) atoms. The molecule has 1 amide bonds. The summed E-state index contributed by atoms with van der Waals surface area (Å²) in [6, 6.07) is 20.4. The van der Waals surface area contributed by atoms with E-state index in [4.69, 9.17) is 10.5 Å². The lowest BCUT2D eigenvalue weighted by molar-refractivity contribution is -0.146. The van der Waals surface area contributed by atoms with Crippen LogP contribution in [0.25, 0.3) is 11.1 Å². The highest BCUT2D eigenvalue weighted by Crippen LogP contribution is 2.32. The smallest absolute Gasteiger partial charge is 0.323 e. The van der Waals surface area contributed by atoms with Gasteiger partial charge >= 0.3 is 5.97 Å². The first kappa shape index (κ1) is 33.5. The van der Waals surface area contributed by atoms with Crippen molar-refractivity contribution in [2.75, 3.05) is 18.9 Å². The molecule has 8 nitrogen and oxygen atoms in total. The standard InChI is InChI=1S/C30H34FN3O5S2.ClH/c1-20(2)27(32)30(36)39-18-16-26(23-8-12-24(31)13-9-23)33-28(35)29-34(17-19-40-29)41(37,38)25-14-10-22(11-15-25)21-6-4-3-5-7-21;/h3-15,20,26-27,29H,16-19,32H2,1-2H3,(H,33,35);1H/t26-,27-,29?;/m0./s1. The summed E-state index contributed by atoms with van der Waals surface area (Å²) in [7, 11) is -3.96. The molecule has 226 valence electrons. The van der Waals surface area contributed by atoms with Crippen LogP contribution in [0.3, 0.4) is 0 Å². The van der Waals surface area contributed by atoms with Gasteiger partial charge in [0.1, 0.15) is 17.2 Å². The second-order valence-corrected chi connectivity index (χ2v) is 13.1. The van der Waals surface area contributed by atoms with E-state index in [1.807, 2.05) is 44.2 Å². The first-order chi connectivity index (χ1) is 19.6. The van der Waals surface area contributed by atoms with Crippen LogP contribution in [0.15, 0.2) is 83.8 Å². The molecule has 0 aromatic heterocycles. The van der Waals surface area contributed by atoms with Crippen molar-refractivity contribution >= 4 is 46.1 Å². The van der Waals surface area contributed by atoms with Gasteiger partial charge in [-0.3, -0.25) is 9.59 Å². The number of nitrogens with zero attached hydrogens (tertiary/aromatic N) is 1. The molecule has 3 atom stereocenters. The minimum atomic E-state index is -3.96. The molecule has 1 heterocycles. The van der Waals surface area contributed by atoms with E-state index in [1.54, 1.807) is 24.3 Å². The molecule has 1 unspecified atom stereocenters. The predicted octanol–water partition coefficient (Wildman–Crippen LogP) is 4.75. The summed E-state index contributed by atoms with van der Waals surface area (Å²) in [5, 5.41) is 1.90. The third-order valence-corrected chi connectivity index (χ3v) is 10.1. The first-order valence-electron chi connectivity index (χ1n) is 13.3. The maximum absolute atomic E-state index is 13.6. The van der Waals surface area contributed by atoms with Crippen molar-refractivity contribution in [3.8, 4) is 11.1 Å². The van der Waals surface area contributed by atoms with Gasteiger partial charge in [-0.2, -0.15) is 4.31 Å². The fraction of sp³-hybridized carbons (Fsp3) is 0.333. The summed E-state index contributed by atoms with van der Waals surface area (Å²) >= 11 is 1.23. The second-order valence-electron chi connectivity index (χ2n) is 10.1. The zero-order valence-electron chi connectivity index (χ0n) is 23.3. The van der Waals surface area contributed by atoms with E-state index in [0.717, 1.165) is 11.1 Å². The average Bonchev–Trinajstić information content (AvgIpc) is 3.48. The van der Waals surface area contributed by atoms with Crippen LogP contribution in [0.1, 0.15) is 31.9 Å². The summed E-state index contributed by atoms with van der Waals surface area (Å²) in [5.41, 5.74) is 8.30. The lowest BCUT2D eigenvalue weighted by Crippen LogP contribution is -2.46. The van der Waals surface area contributed by atoms with Crippen molar-refractivity contribution in [2.24, 2.45) is 11.7 Å². The predicted molar refractivity (Wildman–Crippen MR) is 165 cm³/mol. The van der Waals surface area contributed by atoms with E-state index >= 15 is 0 Å². The van der Waals surface area contributed by atoms with E-state index in [2.05, 4.69) is 5.32 Å². The Bertz CT molecular complexity index is 1440. The van der Waals surface area contributed by atoms with Gasteiger partial charge in [0.05, 0.1) is 17.5 Å². The van der Waals surface area contributed by atoms with Crippen LogP contribution in [-0.4, -0.2) is 54.9 Å². The fourth-order valence-corrected chi connectivity index (χ4v) is 7.48. The zero-order chi connectivity index (χ0) is 29.6. The van der Waals surface area contributed by atoms with Crippen LogP contribution < -0.4 is 11.1 Å². The maximum atomic E-state index is 13.6. The van der Waals surface area contributed by atoms with Crippen molar-refractivity contribution in [3.63, 3.8) is 0 Å². The Morgan fingerprint density at radius 1 is 1.02 bits per heavy atom. The number of hydrogen-bond donors (Lipinski definition) is 2. The van der Waals surface area contributed by atoms with Gasteiger partial charge in [0.15, 0.2) is 0 Å². The lowest BCUT2D eigenvalue weighted by atomic mass is 10.0. The van der Waals surface area contributed by atoms with Crippen molar-refractivity contribution in [1.29, 1.82) is 0 Å². The molecule has 4 rings (SSSR count). The van der Waals surface area contributed by atoms with E-state index in [1.165, 1.54) is 40.3 Å². The summed E-state index contributed by atoms with van der Waals surface area (Å²) in [6.45, 7) is 3.76. The monoisotopic (exact) mass is 635 g/mol. The first-order valence-corrected chi connectivity index (χ1v) is 15.8. The number of carbonyl (C=O) groups is 2. The van der Waals surface area contributed by atoms with Gasteiger partial charge in [-0.15, -0.1) is 24.2 Å². The molecule has 1 aliphatic heterocycles. The third-order valence-electron chi connectivity index (χ3n) is 6.87. The molecular formula is C30H35ClFN3O5S2. The van der Waals surface area contributed by atoms with E-state index in [0.29, 0.717) is 11.3 Å². The minimum absolute atomic E-state index is 0. The van der Waals surface area contributed by atoms with Crippen molar-refractivity contribution in [1.82, 2.24) is 9.62 Å². The quantitative estimate of drug-likeness (QED) is 0.292. The summed E-state index contributed by atoms with van der Waals surface area (Å²) in [5.74, 6) is -1.14. The molecule has 3 aromatic carbocycles. The number of esters is 1. The molecule has 1 saturated heterocycles. The number of halogens is 2. The van der Waals surface area contributed by atoms with Gasteiger partial charge in [0, 0.05) is 18.7 Å². The highest BCUT2D eigenvalue weighted by Gasteiger charge is 2.40. The number of sulfonamides is 1. The largest absolute Gasteiger partial charge is 0.464 e. The number of rotatable bonds is 11. The molecule has 3 aromatic rings. The lowest BCUT2D eigenvalue weighted by Gasteiger charge is -2.26. The highest BCUT2D eigenvalue weighted by molar-refractivity contribution is 8.02. The van der Waals surface area contributed by atoms with Gasteiger partial charge in [-0.1, -0.05) is 68.4 Å². The second kappa shape index (κ2) is 15.0. The molecule has 0 saturated carbocycles. The molecule has 3 N–H and O–H groups in total. The Morgan fingerprint density at radius 2 is 1.64 bits per heavy atom. The normalized spacial score (nSPS) is 16.8. The van der Waals surface area contributed by atoms with Crippen LogP contribution >= 0.6 is 24.2 Å². The Balaban J connectivity index is 0.00000484. The number of ether oxygens (including phenoxy) is 1. The van der Waals surface area contributed by atoms with Gasteiger partial charge in [0.2, 0.25) is 15.9 Å². The van der Waals surface area contributed by atoms with E-state index in [9.17, 15) is 22.4 Å². The van der Waals surface area contributed by atoms with Crippen molar-refractivity contribution < 1.29 is 27.1 Å². The summed E-state index contributed by atoms with van der Waals surface area (Å²) in [6.07, 6.45) is 0.193. The van der Waals surface area contributed by atoms with Crippen LogP contribution in [-0.2, 0) is 24.3 Å².